The number of nitriles is 1. The van der Waals surface area contributed by atoms with E-state index in [9.17, 15) is 5.26 Å². The average molecular weight is 228 g/mol. The highest BCUT2D eigenvalue weighted by molar-refractivity contribution is 5.33. The Morgan fingerprint density at radius 3 is 2.18 bits per heavy atom. The average Bonchev–Trinajstić information content (AvgIpc) is 2.30. The molecule has 1 fully saturated rings. The van der Waals surface area contributed by atoms with E-state index in [4.69, 9.17) is 0 Å². The highest BCUT2D eigenvalue weighted by atomic mass is 15.2. The zero-order valence-electron chi connectivity index (χ0n) is 10.7. The van der Waals surface area contributed by atoms with Gasteiger partial charge in [0.25, 0.3) is 0 Å². The standard InChI is InChI=1S/C15H20N2/c1-12-8-13(2)10-14(9-12)15(11-16)17-6-4-3-5-7-17/h8-10,15H,3-7H2,1-2H3. The second-order valence-electron chi connectivity index (χ2n) is 5.05. The number of hydrogen-bond donors (Lipinski definition) is 0. The van der Waals surface area contributed by atoms with Gasteiger partial charge in [-0.15, -0.1) is 0 Å². The fourth-order valence-electron chi connectivity index (χ4n) is 2.71. The Labute approximate surface area is 104 Å². The van der Waals surface area contributed by atoms with Gasteiger partial charge in [-0.25, -0.2) is 0 Å². The second kappa shape index (κ2) is 5.33. The minimum absolute atomic E-state index is 0.0612. The smallest absolute Gasteiger partial charge is 0.123 e. The Kier molecular flexibility index (Phi) is 3.81. The number of hydrogen-bond acceptors (Lipinski definition) is 2. The van der Waals surface area contributed by atoms with Gasteiger partial charge in [-0.3, -0.25) is 4.90 Å². The summed E-state index contributed by atoms with van der Waals surface area (Å²) in [6.07, 6.45) is 3.76. The molecule has 2 rings (SSSR count). The third-order valence-corrected chi connectivity index (χ3v) is 3.44. The van der Waals surface area contributed by atoms with Gasteiger partial charge in [0.15, 0.2) is 0 Å². The fraction of sp³-hybridized carbons (Fsp3) is 0.533. The van der Waals surface area contributed by atoms with Crippen LogP contribution >= 0.6 is 0 Å². The van der Waals surface area contributed by atoms with Crippen molar-refractivity contribution in [1.82, 2.24) is 4.90 Å². The van der Waals surface area contributed by atoms with Crippen LogP contribution in [-0.2, 0) is 0 Å². The van der Waals surface area contributed by atoms with E-state index in [-0.39, 0.29) is 6.04 Å². The molecule has 0 saturated carbocycles. The van der Waals surface area contributed by atoms with Crippen molar-refractivity contribution in [2.75, 3.05) is 13.1 Å². The Morgan fingerprint density at radius 1 is 1.06 bits per heavy atom. The largest absolute Gasteiger partial charge is 0.284 e. The second-order valence-corrected chi connectivity index (χ2v) is 5.05. The van der Waals surface area contributed by atoms with Crippen molar-refractivity contribution >= 4 is 0 Å². The molecule has 0 aromatic heterocycles. The maximum atomic E-state index is 9.42. The van der Waals surface area contributed by atoms with Crippen molar-refractivity contribution in [2.45, 2.75) is 39.2 Å². The van der Waals surface area contributed by atoms with Crippen LogP contribution in [0.5, 0.6) is 0 Å². The molecule has 90 valence electrons. The van der Waals surface area contributed by atoms with E-state index in [2.05, 4.69) is 43.0 Å². The molecule has 0 aliphatic carbocycles. The molecule has 0 spiro atoms. The third-order valence-electron chi connectivity index (χ3n) is 3.44. The molecule has 1 aliphatic rings. The van der Waals surface area contributed by atoms with Crippen LogP contribution < -0.4 is 0 Å². The molecule has 1 saturated heterocycles. The van der Waals surface area contributed by atoms with Gasteiger partial charge in [0.2, 0.25) is 0 Å². The Hall–Kier alpha value is -1.33. The highest BCUT2D eigenvalue weighted by Gasteiger charge is 2.21. The lowest BCUT2D eigenvalue weighted by atomic mass is 9.99. The van der Waals surface area contributed by atoms with Crippen molar-refractivity contribution in [2.24, 2.45) is 0 Å². The van der Waals surface area contributed by atoms with Crippen LogP contribution in [0.2, 0.25) is 0 Å². The first-order valence-electron chi connectivity index (χ1n) is 6.42. The van der Waals surface area contributed by atoms with E-state index in [1.54, 1.807) is 0 Å². The third kappa shape index (κ3) is 2.87. The molecule has 2 nitrogen and oxygen atoms in total. The summed E-state index contributed by atoms with van der Waals surface area (Å²) in [5.74, 6) is 0. The van der Waals surface area contributed by atoms with Gasteiger partial charge in [-0.1, -0.05) is 35.7 Å². The van der Waals surface area contributed by atoms with Gasteiger partial charge in [0.1, 0.15) is 6.04 Å². The minimum atomic E-state index is -0.0612. The number of aryl methyl sites for hydroxylation is 2. The lowest BCUT2D eigenvalue weighted by Crippen LogP contribution is -2.33. The van der Waals surface area contributed by atoms with Crippen molar-refractivity contribution < 1.29 is 0 Å². The molecule has 17 heavy (non-hydrogen) atoms. The molecule has 1 aromatic rings. The summed E-state index contributed by atoms with van der Waals surface area (Å²) in [5.41, 5.74) is 3.65. The maximum Gasteiger partial charge on any atom is 0.123 e. The number of rotatable bonds is 2. The Balaban J connectivity index is 2.25. The normalized spacial score (nSPS) is 18.6. The summed E-state index contributed by atoms with van der Waals surface area (Å²) in [5, 5.41) is 9.42. The molecule has 0 N–H and O–H groups in total. The van der Waals surface area contributed by atoms with Gasteiger partial charge in [-0.2, -0.15) is 5.26 Å². The highest BCUT2D eigenvalue weighted by Crippen LogP contribution is 2.25. The predicted octanol–water partition coefficient (Wildman–Crippen LogP) is 3.35. The van der Waals surface area contributed by atoms with Crippen LogP contribution in [0.1, 0.15) is 42.0 Å². The quantitative estimate of drug-likeness (QED) is 0.776. The number of likely N-dealkylation sites (tertiary alicyclic amines) is 1. The first-order chi connectivity index (χ1) is 8.20. The van der Waals surface area contributed by atoms with Crippen LogP contribution in [0.4, 0.5) is 0 Å². The topological polar surface area (TPSA) is 27.0 Å². The molecule has 0 bridgehead atoms. The van der Waals surface area contributed by atoms with E-state index in [1.807, 2.05) is 0 Å². The molecule has 1 unspecified atom stereocenters. The van der Waals surface area contributed by atoms with E-state index in [1.165, 1.54) is 30.4 Å². The summed E-state index contributed by atoms with van der Waals surface area (Å²) in [6.45, 7) is 6.32. The van der Waals surface area contributed by atoms with E-state index in [0.717, 1.165) is 18.7 Å². The van der Waals surface area contributed by atoms with Crippen molar-refractivity contribution in [3.8, 4) is 6.07 Å². The maximum absolute atomic E-state index is 9.42. The molecule has 1 aromatic carbocycles. The van der Waals surface area contributed by atoms with Crippen LogP contribution in [-0.4, -0.2) is 18.0 Å². The van der Waals surface area contributed by atoms with Crippen molar-refractivity contribution in [3.05, 3.63) is 34.9 Å². The van der Waals surface area contributed by atoms with E-state index in [0.29, 0.717) is 0 Å². The van der Waals surface area contributed by atoms with Crippen molar-refractivity contribution in [1.29, 1.82) is 5.26 Å². The zero-order valence-corrected chi connectivity index (χ0v) is 10.7. The fourth-order valence-corrected chi connectivity index (χ4v) is 2.71. The van der Waals surface area contributed by atoms with Gasteiger partial charge in [-0.05, 0) is 45.3 Å². The van der Waals surface area contributed by atoms with Crippen LogP contribution in [0.3, 0.4) is 0 Å². The van der Waals surface area contributed by atoms with Gasteiger partial charge in [0, 0.05) is 0 Å². The summed E-state index contributed by atoms with van der Waals surface area (Å²) in [4.78, 5) is 2.32. The zero-order chi connectivity index (χ0) is 12.3. The molecule has 2 heteroatoms. The van der Waals surface area contributed by atoms with E-state index < -0.39 is 0 Å². The minimum Gasteiger partial charge on any atom is -0.284 e. The summed E-state index contributed by atoms with van der Waals surface area (Å²) < 4.78 is 0. The van der Waals surface area contributed by atoms with Gasteiger partial charge >= 0.3 is 0 Å². The lowest BCUT2D eigenvalue weighted by Gasteiger charge is -2.31. The predicted molar refractivity (Wildman–Crippen MR) is 69.7 cm³/mol. The first kappa shape index (κ1) is 12.1. The molecule has 0 radical (unpaired) electrons. The van der Waals surface area contributed by atoms with Gasteiger partial charge in [0.05, 0.1) is 6.07 Å². The summed E-state index contributed by atoms with van der Waals surface area (Å²) in [6, 6.07) is 8.86. The molecular weight excluding hydrogens is 208 g/mol. The SMILES string of the molecule is Cc1cc(C)cc(C(C#N)N2CCCCC2)c1. The summed E-state index contributed by atoms with van der Waals surface area (Å²) in [7, 11) is 0. The molecule has 0 amide bonds. The van der Waals surface area contributed by atoms with Crippen LogP contribution in [0, 0.1) is 25.2 Å². The first-order valence-corrected chi connectivity index (χ1v) is 6.42. The van der Waals surface area contributed by atoms with Gasteiger partial charge < -0.3 is 0 Å². The summed E-state index contributed by atoms with van der Waals surface area (Å²) >= 11 is 0. The number of nitrogens with zero attached hydrogens (tertiary/aromatic N) is 2. The monoisotopic (exact) mass is 228 g/mol. The number of piperidine rings is 1. The van der Waals surface area contributed by atoms with Crippen molar-refractivity contribution in [3.63, 3.8) is 0 Å². The molecular formula is C15H20N2. The lowest BCUT2D eigenvalue weighted by molar-refractivity contribution is 0.196. The molecule has 1 heterocycles. The van der Waals surface area contributed by atoms with E-state index >= 15 is 0 Å². The Bertz CT molecular complexity index is 405. The number of benzene rings is 1. The molecule has 1 aliphatic heterocycles. The molecule has 1 atom stereocenters. The van der Waals surface area contributed by atoms with Crippen LogP contribution in [0.15, 0.2) is 18.2 Å². The Morgan fingerprint density at radius 2 is 1.65 bits per heavy atom. The van der Waals surface area contributed by atoms with Crippen LogP contribution in [0.25, 0.3) is 0 Å².